The van der Waals surface area contributed by atoms with Crippen LogP contribution in [0.4, 0.5) is 0 Å². The lowest BCUT2D eigenvalue weighted by Crippen LogP contribution is -2.53. The standard InChI is InChI=1S/C21H21N3O2/c1-14-13-26-20(16-8-4-3-5-9-16)15(2)24(14)21(25)19-12-22-17-10-6-7-11-18(17)23-19/h3-12,14-15,20H,13H2,1-2H3/t14-,15-,20+/m1/s1. The second kappa shape index (κ2) is 6.84. The number of ether oxygens (including phenoxy) is 1. The second-order valence-corrected chi connectivity index (χ2v) is 6.71. The van der Waals surface area contributed by atoms with Gasteiger partial charge in [-0.1, -0.05) is 42.5 Å². The van der Waals surface area contributed by atoms with Crippen LogP contribution in [0, 0.1) is 0 Å². The summed E-state index contributed by atoms with van der Waals surface area (Å²) in [5.74, 6) is -0.104. The lowest BCUT2D eigenvalue weighted by molar-refractivity contribution is -0.0807. The fraction of sp³-hybridized carbons (Fsp3) is 0.286. The Morgan fingerprint density at radius 2 is 1.73 bits per heavy atom. The Labute approximate surface area is 152 Å². The number of aromatic nitrogens is 2. The average molecular weight is 347 g/mol. The molecule has 0 bridgehead atoms. The van der Waals surface area contributed by atoms with E-state index in [1.54, 1.807) is 6.20 Å². The molecule has 1 aromatic heterocycles. The summed E-state index contributed by atoms with van der Waals surface area (Å²) in [5.41, 5.74) is 2.96. The molecule has 26 heavy (non-hydrogen) atoms. The minimum Gasteiger partial charge on any atom is -0.369 e. The van der Waals surface area contributed by atoms with E-state index in [0.717, 1.165) is 16.6 Å². The van der Waals surface area contributed by atoms with Crippen LogP contribution in [0.5, 0.6) is 0 Å². The maximum absolute atomic E-state index is 13.2. The van der Waals surface area contributed by atoms with Gasteiger partial charge in [0.2, 0.25) is 0 Å². The van der Waals surface area contributed by atoms with E-state index in [1.807, 2.05) is 73.3 Å². The van der Waals surface area contributed by atoms with Crippen molar-refractivity contribution in [3.8, 4) is 0 Å². The molecular formula is C21H21N3O2. The summed E-state index contributed by atoms with van der Waals surface area (Å²) in [6.07, 6.45) is 1.42. The van der Waals surface area contributed by atoms with Gasteiger partial charge in [-0.2, -0.15) is 0 Å². The molecule has 0 N–H and O–H groups in total. The molecule has 4 rings (SSSR count). The number of amides is 1. The highest BCUT2D eigenvalue weighted by Crippen LogP contribution is 2.31. The fourth-order valence-electron chi connectivity index (χ4n) is 3.60. The summed E-state index contributed by atoms with van der Waals surface area (Å²) in [6.45, 7) is 4.53. The van der Waals surface area contributed by atoms with Crippen LogP contribution in [-0.2, 0) is 4.74 Å². The molecule has 0 radical (unpaired) electrons. The smallest absolute Gasteiger partial charge is 0.274 e. The predicted molar refractivity (Wildman–Crippen MR) is 99.8 cm³/mol. The number of fused-ring (bicyclic) bond motifs is 1. The van der Waals surface area contributed by atoms with Gasteiger partial charge in [0.05, 0.1) is 35.9 Å². The minimum absolute atomic E-state index is 0.0225. The highest BCUT2D eigenvalue weighted by Gasteiger charge is 2.38. The predicted octanol–water partition coefficient (Wildman–Crippen LogP) is 3.62. The Hall–Kier alpha value is -2.79. The van der Waals surface area contributed by atoms with Gasteiger partial charge in [-0.05, 0) is 31.5 Å². The average Bonchev–Trinajstić information content (AvgIpc) is 2.68. The van der Waals surface area contributed by atoms with Gasteiger partial charge in [-0.15, -0.1) is 0 Å². The topological polar surface area (TPSA) is 55.3 Å². The van der Waals surface area contributed by atoms with Crippen molar-refractivity contribution in [2.75, 3.05) is 6.61 Å². The Kier molecular flexibility index (Phi) is 4.39. The van der Waals surface area contributed by atoms with Gasteiger partial charge in [0.1, 0.15) is 11.8 Å². The first-order valence-electron chi connectivity index (χ1n) is 8.86. The van der Waals surface area contributed by atoms with Crippen molar-refractivity contribution in [2.45, 2.75) is 32.0 Å². The van der Waals surface area contributed by atoms with Crippen LogP contribution >= 0.6 is 0 Å². The molecule has 1 aliphatic rings. The van der Waals surface area contributed by atoms with Gasteiger partial charge in [-0.25, -0.2) is 4.98 Å². The Morgan fingerprint density at radius 3 is 2.50 bits per heavy atom. The number of para-hydroxylation sites is 2. The van der Waals surface area contributed by atoms with E-state index < -0.39 is 0 Å². The van der Waals surface area contributed by atoms with E-state index in [2.05, 4.69) is 9.97 Å². The van der Waals surface area contributed by atoms with Crippen molar-refractivity contribution < 1.29 is 9.53 Å². The lowest BCUT2D eigenvalue weighted by atomic mass is 9.98. The molecule has 1 fully saturated rings. The molecule has 3 atom stereocenters. The van der Waals surface area contributed by atoms with E-state index in [-0.39, 0.29) is 24.1 Å². The molecule has 0 spiro atoms. The first kappa shape index (κ1) is 16.7. The van der Waals surface area contributed by atoms with Crippen LogP contribution in [0.1, 0.15) is 36.0 Å². The molecule has 1 amide bonds. The van der Waals surface area contributed by atoms with E-state index in [0.29, 0.717) is 12.3 Å². The highest BCUT2D eigenvalue weighted by molar-refractivity contribution is 5.94. The zero-order valence-electron chi connectivity index (χ0n) is 14.9. The highest BCUT2D eigenvalue weighted by atomic mass is 16.5. The molecule has 2 aromatic carbocycles. The minimum atomic E-state index is -0.148. The third kappa shape index (κ3) is 2.95. The third-order valence-corrected chi connectivity index (χ3v) is 4.90. The van der Waals surface area contributed by atoms with Crippen molar-refractivity contribution in [3.05, 3.63) is 72.1 Å². The van der Waals surface area contributed by atoms with Gasteiger partial charge in [0.25, 0.3) is 5.91 Å². The van der Waals surface area contributed by atoms with Gasteiger partial charge >= 0.3 is 0 Å². The number of carbonyl (C=O) groups excluding carboxylic acids is 1. The molecule has 132 valence electrons. The summed E-state index contributed by atoms with van der Waals surface area (Å²) in [4.78, 5) is 24.0. The molecule has 1 aliphatic heterocycles. The molecule has 0 aliphatic carbocycles. The second-order valence-electron chi connectivity index (χ2n) is 6.71. The fourth-order valence-corrected chi connectivity index (χ4v) is 3.60. The molecule has 0 saturated carbocycles. The number of hydrogen-bond donors (Lipinski definition) is 0. The Morgan fingerprint density at radius 1 is 1.04 bits per heavy atom. The Bertz CT molecular complexity index is 929. The van der Waals surface area contributed by atoms with Gasteiger partial charge < -0.3 is 9.64 Å². The molecule has 5 nitrogen and oxygen atoms in total. The molecule has 0 unspecified atom stereocenters. The summed E-state index contributed by atoms with van der Waals surface area (Å²) in [7, 11) is 0. The van der Waals surface area contributed by atoms with Crippen LogP contribution in [0.3, 0.4) is 0 Å². The summed E-state index contributed by atoms with van der Waals surface area (Å²) >= 11 is 0. The van der Waals surface area contributed by atoms with E-state index in [1.165, 1.54) is 0 Å². The first-order chi connectivity index (χ1) is 12.6. The van der Waals surface area contributed by atoms with E-state index in [9.17, 15) is 4.79 Å². The number of rotatable bonds is 2. The van der Waals surface area contributed by atoms with Crippen LogP contribution in [-0.4, -0.2) is 39.5 Å². The van der Waals surface area contributed by atoms with Gasteiger partial charge in [-0.3, -0.25) is 9.78 Å². The monoisotopic (exact) mass is 347 g/mol. The van der Waals surface area contributed by atoms with Crippen LogP contribution in [0.2, 0.25) is 0 Å². The molecule has 2 heterocycles. The van der Waals surface area contributed by atoms with Crippen molar-refractivity contribution >= 4 is 16.9 Å². The summed E-state index contributed by atoms with van der Waals surface area (Å²) in [5, 5.41) is 0. The molecule has 3 aromatic rings. The van der Waals surface area contributed by atoms with Crippen molar-refractivity contribution in [1.29, 1.82) is 0 Å². The van der Waals surface area contributed by atoms with Crippen molar-refractivity contribution in [1.82, 2.24) is 14.9 Å². The maximum atomic E-state index is 13.2. The third-order valence-electron chi connectivity index (χ3n) is 4.90. The van der Waals surface area contributed by atoms with Gasteiger partial charge in [0.15, 0.2) is 0 Å². The SMILES string of the molecule is C[C@@H]1CO[C@H](c2ccccc2)[C@@H](C)N1C(=O)c1cnc2ccccc2n1. The largest absolute Gasteiger partial charge is 0.369 e. The van der Waals surface area contributed by atoms with E-state index in [4.69, 9.17) is 4.74 Å². The quantitative estimate of drug-likeness (QED) is 0.710. The summed E-state index contributed by atoms with van der Waals surface area (Å²) < 4.78 is 6.05. The Balaban J connectivity index is 1.66. The van der Waals surface area contributed by atoms with Crippen LogP contribution < -0.4 is 0 Å². The summed E-state index contributed by atoms with van der Waals surface area (Å²) in [6, 6.07) is 17.5. The van der Waals surface area contributed by atoms with Crippen molar-refractivity contribution in [2.24, 2.45) is 0 Å². The molecule has 1 saturated heterocycles. The number of hydrogen-bond acceptors (Lipinski definition) is 4. The van der Waals surface area contributed by atoms with Crippen molar-refractivity contribution in [3.63, 3.8) is 0 Å². The number of nitrogens with zero attached hydrogens (tertiary/aromatic N) is 3. The zero-order chi connectivity index (χ0) is 18.1. The lowest BCUT2D eigenvalue weighted by Gasteiger charge is -2.43. The zero-order valence-corrected chi connectivity index (χ0v) is 14.9. The molecule has 5 heteroatoms. The first-order valence-corrected chi connectivity index (χ1v) is 8.86. The van der Waals surface area contributed by atoms with E-state index >= 15 is 0 Å². The number of morpholine rings is 1. The number of carbonyl (C=O) groups is 1. The number of benzene rings is 2. The maximum Gasteiger partial charge on any atom is 0.274 e. The van der Waals surface area contributed by atoms with Gasteiger partial charge in [0, 0.05) is 0 Å². The van der Waals surface area contributed by atoms with Crippen LogP contribution in [0.25, 0.3) is 11.0 Å². The van der Waals surface area contributed by atoms with Crippen LogP contribution in [0.15, 0.2) is 60.8 Å². The molecular weight excluding hydrogens is 326 g/mol. The normalized spacial score (nSPS) is 23.2.